The van der Waals surface area contributed by atoms with Crippen molar-refractivity contribution in [2.24, 2.45) is 0 Å². The van der Waals surface area contributed by atoms with E-state index in [9.17, 15) is 4.79 Å². The zero-order chi connectivity index (χ0) is 16.0. The van der Waals surface area contributed by atoms with Gasteiger partial charge in [0.25, 0.3) is 5.91 Å². The summed E-state index contributed by atoms with van der Waals surface area (Å²) in [5, 5.41) is 6.15. The van der Waals surface area contributed by atoms with E-state index in [-0.39, 0.29) is 18.0 Å². The fourth-order valence-corrected chi connectivity index (χ4v) is 1.96. The Morgan fingerprint density at radius 2 is 1.95 bits per heavy atom. The van der Waals surface area contributed by atoms with Gasteiger partial charge in [-0.3, -0.25) is 4.79 Å². The number of nitrogens with one attached hydrogen (secondary N) is 2. The van der Waals surface area contributed by atoms with Gasteiger partial charge in [0.05, 0.1) is 0 Å². The topological polar surface area (TPSA) is 50.4 Å². The minimum Gasteiger partial charge on any atom is -0.481 e. The predicted molar refractivity (Wildman–Crippen MR) is 86.6 cm³/mol. The molecular formula is C17H28N2O2. The highest BCUT2D eigenvalue weighted by atomic mass is 16.5. The molecule has 0 bridgehead atoms. The molecule has 0 spiro atoms. The molecule has 4 heteroatoms. The lowest BCUT2D eigenvalue weighted by Crippen LogP contribution is -2.41. The fraction of sp³-hybridized carbons (Fsp3) is 0.588. The van der Waals surface area contributed by atoms with Gasteiger partial charge in [-0.1, -0.05) is 19.1 Å². The average molecular weight is 292 g/mol. The van der Waals surface area contributed by atoms with E-state index in [0.717, 1.165) is 23.3 Å². The Kier molecular flexibility index (Phi) is 6.69. The van der Waals surface area contributed by atoms with Crippen molar-refractivity contribution in [3.05, 3.63) is 29.3 Å². The summed E-state index contributed by atoms with van der Waals surface area (Å²) in [5.74, 6) is 0.692. The first-order chi connectivity index (χ1) is 9.88. The molecule has 0 saturated heterocycles. The first-order valence-corrected chi connectivity index (χ1v) is 7.63. The summed E-state index contributed by atoms with van der Waals surface area (Å²) in [6.07, 6.45) is 0.397. The summed E-state index contributed by atoms with van der Waals surface area (Å²) in [4.78, 5) is 12.1. The molecule has 1 aromatic rings. The van der Waals surface area contributed by atoms with Gasteiger partial charge >= 0.3 is 0 Å². The quantitative estimate of drug-likeness (QED) is 0.812. The second-order valence-electron chi connectivity index (χ2n) is 5.63. The molecule has 0 saturated carbocycles. The third kappa shape index (κ3) is 5.05. The smallest absolute Gasteiger partial charge is 0.260 e. The van der Waals surface area contributed by atoms with E-state index in [4.69, 9.17) is 4.74 Å². The third-order valence-electron chi connectivity index (χ3n) is 3.74. The Hall–Kier alpha value is -1.55. The van der Waals surface area contributed by atoms with Crippen LogP contribution in [0, 0.1) is 6.92 Å². The maximum atomic E-state index is 12.1. The van der Waals surface area contributed by atoms with E-state index in [0.29, 0.717) is 0 Å². The van der Waals surface area contributed by atoms with Crippen LogP contribution < -0.4 is 15.4 Å². The molecule has 118 valence electrons. The van der Waals surface area contributed by atoms with Crippen LogP contribution in [-0.4, -0.2) is 25.1 Å². The predicted octanol–water partition coefficient (Wildman–Crippen LogP) is 2.96. The number of aryl methyl sites for hydroxylation is 1. The lowest BCUT2D eigenvalue weighted by atomic mass is 10.0. The van der Waals surface area contributed by atoms with Gasteiger partial charge < -0.3 is 15.4 Å². The van der Waals surface area contributed by atoms with E-state index in [1.807, 2.05) is 40.0 Å². The summed E-state index contributed by atoms with van der Waals surface area (Å²) in [7, 11) is 1.91. The zero-order valence-electron chi connectivity index (χ0n) is 14.0. The van der Waals surface area contributed by atoms with Crippen LogP contribution in [0.2, 0.25) is 0 Å². The highest BCUT2D eigenvalue weighted by molar-refractivity contribution is 5.81. The van der Waals surface area contributed by atoms with Crippen LogP contribution in [0.4, 0.5) is 0 Å². The van der Waals surface area contributed by atoms with Gasteiger partial charge in [0, 0.05) is 17.6 Å². The van der Waals surface area contributed by atoms with Gasteiger partial charge in [0.15, 0.2) is 6.10 Å². The van der Waals surface area contributed by atoms with Crippen molar-refractivity contribution in [2.75, 3.05) is 7.05 Å². The fourth-order valence-electron chi connectivity index (χ4n) is 1.96. The average Bonchev–Trinajstić information content (AvgIpc) is 2.46. The first kappa shape index (κ1) is 17.5. The lowest BCUT2D eigenvalue weighted by Gasteiger charge is -2.21. The maximum Gasteiger partial charge on any atom is 0.260 e. The van der Waals surface area contributed by atoms with Gasteiger partial charge in [0.1, 0.15) is 5.75 Å². The SMILES string of the molecule is CCC(C)NC(=O)C(C)Oc1cc(C)ccc1C(C)NC. The van der Waals surface area contributed by atoms with Crippen molar-refractivity contribution in [1.29, 1.82) is 0 Å². The molecule has 21 heavy (non-hydrogen) atoms. The van der Waals surface area contributed by atoms with E-state index in [1.54, 1.807) is 6.92 Å². The summed E-state index contributed by atoms with van der Waals surface area (Å²) < 4.78 is 5.90. The molecule has 0 radical (unpaired) electrons. The lowest BCUT2D eigenvalue weighted by molar-refractivity contribution is -0.127. The molecule has 0 aliphatic carbocycles. The van der Waals surface area contributed by atoms with Gasteiger partial charge in [-0.15, -0.1) is 0 Å². The Labute approximate surface area is 128 Å². The summed E-state index contributed by atoms with van der Waals surface area (Å²) in [6, 6.07) is 6.42. The number of carbonyl (C=O) groups is 1. The van der Waals surface area contributed by atoms with Crippen LogP contribution >= 0.6 is 0 Å². The van der Waals surface area contributed by atoms with Gasteiger partial charge in [-0.25, -0.2) is 0 Å². The Morgan fingerprint density at radius 3 is 2.52 bits per heavy atom. The van der Waals surface area contributed by atoms with Crippen molar-refractivity contribution < 1.29 is 9.53 Å². The number of ether oxygens (including phenoxy) is 1. The molecule has 3 unspecified atom stereocenters. The summed E-state index contributed by atoms with van der Waals surface area (Å²) in [6.45, 7) is 9.91. The molecule has 0 fully saturated rings. The van der Waals surface area contributed by atoms with Crippen LogP contribution in [-0.2, 0) is 4.79 Å². The Bertz CT molecular complexity index is 474. The van der Waals surface area contributed by atoms with Crippen molar-refractivity contribution >= 4 is 5.91 Å². The van der Waals surface area contributed by atoms with Crippen LogP contribution in [0.15, 0.2) is 18.2 Å². The van der Waals surface area contributed by atoms with E-state index >= 15 is 0 Å². The molecule has 0 aliphatic heterocycles. The highest BCUT2D eigenvalue weighted by Crippen LogP contribution is 2.27. The van der Waals surface area contributed by atoms with Crippen LogP contribution in [0.5, 0.6) is 5.75 Å². The minimum absolute atomic E-state index is 0.0751. The van der Waals surface area contributed by atoms with Gasteiger partial charge in [-0.05, 0) is 52.8 Å². The Morgan fingerprint density at radius 1 is 1.29 bits per heavy atom. The standard InChI is InChI=1S/C17H28N2O2/c1-7-12(3)19-17(20)14(5)21-16-10-11(2)8-9-15(16)13(4)18-6/h8-10,12-14,18H,7H2,1-6H3,(H,19,20). The molecule has 1 aromatic carbocycles. The van der Waals surface area contributed by atoms with E-state index in [1.165, 1.54) is 0 Å². The van der Waals surface area contributed by atoms with Crippen LogP contribution in [0.3, 0.4) is 0 Å². The number of carbonyl (C=O) groups excluding carboxylic acids is 1. The largest absolute Gasteiger partial charge is 0.481 e. The van der Waals surface area contributed by atoms with E-state index in [2.05, 4.69) is 23.6 Å². The third-order valence-corrected chi connectivity index (χ3v) is 3.74. The van der Waals surface area contributed by atoms with Crippen molar-refractivity contribution in [3.8, 4) is 5.75 Å². The highest BCUT2D eigenvalue weighted by Gasteiger charge is 2.19. The molecule has 1 amide bonds. The normalized spacial score (nSPS) is 15.1. The molecule has 3 atom stereocenters. The first-order valence-electron chi connectivity index (χ1n) is 7.63. The second-order valence-corrected chi connectivity index (χ2v) is 5.63. The van der Waals surface area contributed by atoms with Gasteiger partial charge in [0.2, 0.25) is 0 Å². The number of benzene rings is 1. The van der Waals surface area contributed by atoms with Crippen molar-refractivity contribution in [3.63, 3.8) is 0 Å². The monoisotopic (exact) mass is 292 g/mol. The molecule has 2 N–H and O–H groups in total. The van der Waals surface area contributed by atoms with Crippen molar-refractivity contribution in [1.82, 2.24) is 10.6 Å². The molecule has 0 heterocycles. The molecular weight excluding hydrogens is 264 g/mol. The molecule has 0 aromatic heterocycles. The zero-order valence-corrected chi connectivity index (χ0v) is 14.0. The molecule has 4 nitrogen and oxygen atoms in total. The summed E-state index contributed by atoms with van der Waals surface area (Å²) in [5.41, 5.74) is 2.18. The number of hydrogen-bond acceptors (Lipinski definition) is 3. The maximum absolute atomic E-state index is 12.1. The number of rotatable bonds is 7. The molecule has 1 rings (SSSR count). The summed E-state index contributed by atoms with van der Waals surface area (Å²) >= 11 is 0. The van der Waals surface area contributed by atoms with E-state index < -0.39 is 6.10 Å². The van der Waals surface area contributed by atoms with Crippen molar-refractivity contribution in [2.45, 2.75) is 59.2 Å². The second kappa shape index (κ2) is 8.03. The number of hydrogen-bond donors (Lipinski definition) is 2. The van der Waals surface area contributed by atoms with Gasteiger partial charge in [-0.2, -0.15) is 0 Å². The molecule has 0 aliphatic rings. The number of amides is 1. The van der Waals surface area contributed by atoms with Crippen LogP contribution in [0.1, 0.15) is 51.3 Å². The minimum atomic E-state index is -0.511. The Balaban J connectivity index is 2.86. The van der Waals surface area contributed by atoms with Crippen LogP contribution in [0.25, 0.3) is 0 Å².